The number of pyridine rings is 1. The summed E-state index contributed by atoms with van der Waals surface area (Å²) in [6.07, 6.45) is -3.92. The number of oxime groups is 1. The zero-order chi connectivity index (χ0) is 18.4. The number of halogens is 5. The first-order valence-electron chi connectivity index (χ1n) is 7.13. The van der Waals surface area contributed by atoms with E-state index >= 15 is 0 Å². The summed E-state index contributed by atoms with van der Waals surface area (Å²) < 4.78 is 41.6. The minimum Gasteiger partial charge on any atom is -0.374 e. The van der Waals surface area contributed by atoms with Crippen molar-refractivity contribution in [3.05, 3.63) is 57.3 Å². The minimum atomic E-state index is -4.74. The molecule has 0 bridgehead atoms. The van der Waals surface area contributed by atoms with Gasteiger partial charge in [0, 0.05) is 21.8 Å². The Balaban J connectivity index is 2.04. The second-order valence-electron chi connectivity index (χ2n) is 5.72. The molecule has 3 rings (SSSR count). The smallest absolute Gasteiger partial charge is 0.374 e. The molecule has 9 heteroatoms. The summed E-state index contributed by atoms with van der Waals surface area (Å²) in [6.45, 7) is 1.73. The van der Waals surface area contributed by atoms with Crippen LogP contribution in [0.4, 0.5) is 13.2 Å². The normalized spacial score (nSPS) is 20.3. The Morgan fingerprint density at radius 3 is 2.36 bits per heavy atom. The molecule has 0 aliphatic carbocycles. The molecule has 2 radical (unpaired) electrons. The quantitative estimate of drug-likeness (QED) is 0.731. The largest absolute Gasteiger partial charge is 0.435 e. The Labute approximate surface area is 153 Å². The van der Waals surface area contributed by atoms with E-state index in [0.717, 1.165) is 0 Å². The zero-order valence-corrected chi connectivity index (χ0v) is 14.4. The molecule has 0 saturated heterocycles. The molecule has 0 fully saturated rings. The van der Waals surface area contributed by atoms with Crippen molar-refractivity contribution < 1.29 is 18.0 Å². The van der Waals surface area contributed by atoms with Crippen molar-refractivity contribution in [2.75, 3.05) is 0 Å². The Morgan fingerprint density at radius 2 is 1.80 bits per heavy atom. The molecule has 3 nitrogen and oxygen atoms in total. The van der Waals surface area contributed by atoms with Crippen molar-refractivity contribution in [1.82, 2.24) is 4.98 Å². The lowest BCUT2D eigenvalue weighted by molar-refractivity contribution is -0.275. The summed E-state index contributed by atoms with van der Waals surface area (Å²) in [6, 6.07) is 5.25. The third-order valence-corrected chi connectivity index (χ3v) is 4.40. The van der Waals surface area contributed by atoms with E-state index in [2.05, 4.69) is 10.1 Å². The maximum atomic E-state index is 13.9. The summed E-state index contributed by atoms with van der Waals surface area (Å²) in [5.74, 6) is 0. The van der Waals surface area contributed by atoms with Crippen LogP contribution in [0.25, 0.3) is 0 Å². The fourth-order valence-electron chi connectivity index (χ4n) is 2.55. The van der Waals surface area contributed by atoms with Crippen LogP contribution in [0.3, 0.4) is 0 Å². The second-order valence-corrected chi connectivity index (χ2v) is 6.59. The van der Waals surface area contributed by atoms with E-state index in [9.17, 15) is 13.2 Å². The van der Waals surface area contributed by atoms with Crippen LogP contribution in [0.5, 0.6) is 0 Å². The van der Waals surface area contributed by atoms with E-state index in [1.165, 1.54) is 24.4 Å². The Bertz CT molecular complexity index is 853. The molecule has 0 N–H and O–H groups in total. The maximum absolute atomic E-state index is 13.9. The Morgan fingerprint density at radius 1 is 1.16 bits per heavy atom. The van der Waals surface area contributed by atoms with E-state index in [1.807, 2.05) is 0 Å². The molecule has 1 aromatic heterocycles. The number of aryl methyl sites for hydroxylation is 1. The standard InChI is InChI=1S/C16H10BCl2F3N2O/c1-8-2-13(23-7-12(8)17)14-6-15(25-24-14,16(20,21)22)9-3-10(18)5-11(19)4-9/h2-5,7H,6H2,1H3. The van der Waals surface area contributed by atoms with E-state index in [4.69, 9.17) is 35.9 Å². The van der Waals surface area contributed by atoms with Crippen LogP contribution in [-0.2, 0) is 10.4 Å². The SMILES string of the molecule is [B]c1cnc(C2=NOC(c3cc(Cl)cc(Cl)c3)(C(F)(F)F)C2)cc1C. The first kappa shape index (κ1) is 18.1. The highest BCUT2D eigenvalue weighted by atomic mass is 35.5. The fraction of sp³-hybridized carbons (Fsp3) is 0.250. The van der Waals surface area contributed by atoms with Crippen molar-refractivity contribution in [3.63, 3.8) is 0 Å². The van der Waals surface area contributed by atoms with Gasteiger partial charge in [0.2, 0.25) is 0 Å². The van der Waals surface area contributed by atoms with Gasteiger partial charge in [-0.05, 0) is 31.2 Å². The first-order valence-corrected chi connectivity index (χ1v) is 7.89. The van der Waals surface area contributed by atoms with Gasteiger partial charge < -0.3 is 4.84 Å². The molecule has 0 spiro atoms. The zero-order valence-electron chi connectivity index (χ0n) is 12.9. The van der Waals surface area contributed by atoms with Gasteiger partial charge in [0.15, 0.2) is 0 Å². The lowest BCUT2D eigenvalue weighted by atomic mass is 9.86. The van der Waals surface area contributed by atoms with Crippen molar-refractivity contribution >= 4 is 42.2 Å². The lowest BCUT2D eigenvalue weighted by Crippen LogP contribution is -2.42. The molecule has 1 aromatic carbocycles. The van der Waals surface area contributed by atoms with Crippen molar-refractivity contribution in [2.45, 2.75) is 25.1 Å². The van der Waals surface area contributed by atoms with Crippen LogP contribution >= 0.6 is 23.2 Å². The number of hydrogen-bond acceptors (Lipinski definition) is 3. The van der Waals surface area contributed by atoms with Gasteiger partial charge in [-0.25, -0.2) is 0 Å². The van der Waals surface area contributed by atoms with Crippen LogP contribution in [0, 0.1) is 6.92 Å². The molecule has 1 unspecified atom stereocenters. The van der Waals surface area contributed by atoms with Gasteiger partial charge in [-0.1, -0.05) is 39.4 Å². The van der Waals surface area contributed by atoms with Gasteiger partial charge in [-0.2, -0.15) is 13.2 Å². The molecule has 1 aliphatic rings. The van der Waals surface area contributed by atoms with Crippen molar-refractivity contribution in [3.8, 4) is 0 Å². The number of hydrogen-bond donors (Lipinski definition) is 0. The van der Waals surface area contributed by atoms with Gasteiger partial charge in [-0.15, -0.1) is 0 Å². The Hall–Kier alpha value is -1.73. The van der Waals surface area contributed by atoms with E-state index in [1.54, 1.807) is 13.0 Å². The molecular formula is C16H10BCl2F3N2O. The molecule has 25 heavy (non-hydrogen) atoms. The highest BCUT2D eigenvalue weighted by Gasteiger charge is 2.62. The van der Waals surface area contributed by atoms with E-state index < -0.39 is 18.2 Å². The Kier molecular flexibility index (Phi) is 4.49. The third kappa shape index (κ3) is 3.23. The summed E-state index contributed by atoms with van der Waals surface area (Å²) in [7, 11) is 5.69. The minimum absolute atomic E-state index is 0.0662. The number of aromatic nitrogens is 1. The monoisotopic (exact) mass is 384 g/mol. The first-order chi connectivity index (χ1) is 11.6. The van der Waals surface area contributed by atoms with Crippen LogP contribution in [0.2, 0.25) is 10.0 Å². The van der Waals surface area contributed by atoms with E-state index in [-0.39, 0.29) is 27.0 Å². The van der Waals surface area contributed by atoms with Gasteiger partial charge in [0.05, 0.1) is 12.1 Å². The molecule has 2 aromatic rings. The predicted molar refractivity (Wildman–Crippen MR) is 90.8 cm³/mol. The summed E-state index contributed by atoms with van der Waals surface area (Å²) in [4.78, 5) is 8.95. The highest BCUT2D eigenvalue weighted by Crippen LogP contribution is 2.49. The number of nitrogens with zero attached hydrogens (tertiary/aromatic N) is 2. The number of alkyl halides is 3. The van der Waals surface area contributed by atoms with Gasteiger partial charge in [-0.3, -0.25) is 4.98 Å². The number of benzene rings is 1. The summed E-state index contributed by atoms with van der Waals surface area (Å²) >= 11 is 11.7. The van der Waals surface area contributed by atoms with E-state index in [0.29, 0.717) is 11.0 Å². The second kappa shape index (κ2) is 6.22. The van der Waals surface area contributed by atoms with Crippen LogP contribution in [0.1, 0.15) is 23.2 Å². The third-order valence-electron chi connectivity index (χ3n) is 3.96. The topological polar surface area (TPSA) is 34.5 Å². The van der Waals surface area contributed by atoms with Gasteiger partial charge in [0.1, 0.15) is 13.6 Å². The maximum Gasteiger partial charge on any atom is 0.435 e. The van der Waals surface area contributed by atoms with Crippen molar-refractivity contribution in [1.29, 1.82) is 0 Å². The fourth-order valence-corrected chi connectivity index (χ4v) is 3.08. The van der Waals surface area contributed by atoms with Crippen LogP contribution in [0.15, 0.2) is 35.6 Å². The molecule has 1 aliphatic heterocycles. The molecule has 128 valence electrons. The lowest BCUT2D eigenvalue weighted by Gasteiger charge is -2.29. The predicted octanol–water partition coefficient (Wildman–Crippen LogP) is 4.07. The van der Waals surface area contributed by atoms with Crippen molar-refractivity contribution in [2.24, 2.45) is 5.16 Å². The number of rotatable bonds is 2. The average molecular weight is 385 g/mol. The van der Waals surface area contributed by atoms with Gasteiger partial charge in [0.25, 0.3) is 5.60 Å². The highest BCUT2D eigenvalue weighted by molar-refractivity contribution is 6.34. The molecule has 0 amide bonds. The molecular weight excluding hydrogens is 375 g/mol. The summed E-state index contributed by atoms with van der Waals surface area (Å²) in [5.41, 5.74) is -1.44. The van der Waals surface area contributed by atoms with Gasteiger partial charge >= 0.3 is 6.18 Å². The summed E-state index contributed by atoms with van der Waals surface area (Å²) in [5, 5.41) is 3.79. The molecule has 0 saturated carbocycles. The molecule has 2 heterocycles. The van der Waals surface area contributed by atoms with Crippen LogP contribution in [-0.4, -0.2) is 24.7 Å². The average Bonchev–Trinajstić information content (AvgIpc) is 2.95. The molecule has 1 atom stereocenters. The van der Waals surface area contributed by atoms with Crippen LogP contribution < -0.4 is 5.46 Å².